The summed E-state index contributed by atoms with van der Waals surface area (Å²) in [5, 5.41) is 2.89. The Morgan fingerprint density at radius 3 is 2.62 bits per heavy atom. The number of carbonyl (C=O) groups is 1. The molecule has 0 bridgehead atoms. The first-order chi connectivity index (χ1) is 7.74. The lowest BCUT2D eigenvalue weighted by molar-refractivity contribution is 0.211. The zero-order valence-electron chi connectivity index (χ0n) is 10.1. The van der Waals surface area contributed by atoms with E-state index in [-0.39, 0.29) is 6.03 Å². The Hall–Kier alpha value is -1.51. The highest BCUT2D eigenvalue weighted by Gasteiger charge is 2.03. The van der Waals surface area contributed by atoms with Crippen molar-refractivity contribution in [3.05, 3.63) is 35.9 Å². The van der Waals surface area contributed by atoms with Crippen LogP contribution in [0.15, 0.2) is 30.3 Å². The standard InChI is InChI=1S/C13H20N2O/c1-3-15(2)13(16)14-11-7-10-12-8-5-4-6-9-12/h4-6,8-9H,3,7,10-11H2,1-2H3,(H,14,16). The van der Waals surface area contributed by atoms with Gasteiger partial charge in [0.2, 0.25) is 0 Å². The predicted molar refractivity (Wildman–Crippen MR) is 66.5 cm³/mol. The van der Waals surface area contributed by atoms with Gasteiger partial charge in [0.1, 0.15) is 0 Å². The second-order valence-electron chi connectivity index (χ2n) is 3.84. The molecule has 2 amide bonds. The quantitative estimate of drug-likeness (QED) is 0.759. The topological polar surface area (TPSA) is 32.3 Å². The molecule has 3 heteroatoms. The zero-order chi connectivity index (χ0) is 11.8. The summed E-state index contributed by atoms with van der Waals surface area (Å²) in [6, 6.07) is 10.3. The second kappa shape index (κ2) is 6.88. The Balaban J connectivity index is 2.15. The van der Waals surface area contributed by atoms with Gasteiger partial charge in [-0.25, -0.2) is 4.79 Å². The Morgan fingerprint density at radius 2 is 2.00 bits per heavy atom. The predicted octanol–water partition coefficient (Wildman–Crippen LogP) is 2.28. The number of hydrogen-bond acceptors (Lipinski definition) is 1. The van der Waals surface area contributed by atoms with Crippen LogP contribution in [0.25, 0.3) is 0 Å². The molecule has 0 radical (unpaired) electrons. The van der Waals surface area contributed by atoms with Gasteiger partial charge in [-0.05, 0) is 25.3 Å². The lowest BCUT2D eigenvalue weighted by Crippen LogP contribution is -2.37. The van der Waals surface area contributed by atoms with Crippen molar-refractivity contribution in [1.29, 1.82) is 0 Å². The molecule has 0 spiro atoms. The number of nitrogens with one attached hydrogen (secondary N) is 1. The van der Waals surface area contributed by atoms with Crippen LogP contribution in [0.3, 0.4) is 0 Å². The van der Waals surface area contributed by atoms with Gasteiger partial charge in [-0.15, -0.1) is 0 Å². The number of carbonyl (C=O) groups excluding carboxylic acids is 1. The molecule has 0 atom stereocenters. The van der Waals surface area contributed by atoms with Crippen LogP contribution in [-0.4, -0.2) is 31.1 Å². The van der Waals surface area contributed by atoms with Gasteiger partial charge in [-0.2, -0.15) is 0 Å². The first-order valence-corrected chi connectivity index (χ1v) is 5.77. The molecule has 0 heterocycles. The summed E-state index contributed by atoms with van der Waals surface area (Å²) in [6.45, 7) is 3.44. The van der Waals surface area contributed by atoms with E-state index >= 15 is 0 Å². The highest BCUT2D eigenvalue weighted by molar-refractivity contribution is 5.73. The van der Waals surface area contributed by atoms with E-state index in [2.05, 4.69) is 17.4 Å². The number of benzene rings is 1. The Kier molecular flexibility index (Phi) is 5.40. The van der Waals surface area contributed by atoms with Gasteiger partial charge in [0.25, 0.3) is 0 Å². The second-order valence-corrected chi connectivity index (χ2v) is 3.84. The van der Waals surface area contributed by atoms with Crippen LogP contribution in [0, 0.1) is 0 Å². The fourth-order valence-corrected chi connectivity index (χ4v) is 1.41. The average Bonchev–Trinajstić information content (AvgIpc) is 2.34. The summed E-state index contributed by atoms with van der Waals surface area (Å²) < 4.78 is 0. The van der Waals surface area contributed by atoms with Gasteiger partial charge in [0.05, 0.1) is 0 Å². The first-order valence-electron chi connectivity index (χ1n) is 5.77. The SMILES string of the molecule is CCN(C)C(=O)NCCCc1ccccc1. The van der Waals surface area contributed by atoms with E-state index < -0.39 is 0 Å². The van der Waals surface area contributed by atoms with Crippen molar-refractivity contribution in [2.75, 3.05) is 20.1 Å². The van der Waals surface area contributed by atoms with Crippen LogP contribution >= 0.6 is 0 Å². The maximum Gasteiger partial charge on any atom is 0.317 e. The lowest BCUT2D eigenvalue weighted by Gasteiger charge is -2.15. The molecule has 0 saturated carbocycles. The molecule has 1 N–H and O–H groups in total. The van der Waals surface area contributed by atoms with Gasteiger partial charge in [-0.1, -0.05) is 30.3 Å². The van der Waals surface area contributed by atoms with Crippen LogP contribution in [0.4, 0.5) is 4.79 Å². The molecule has 0 fully saturated rings. The Morgan fingerprint density at radius 1 is 1.31 bits per heavy atom. The number of rotatable bonds is 5. The highest BCUT2D eigenvalue weighted by Crippen LogP contribution is 2.01. The van der Waals surface area contributed by atoms with E-state index in [1.165, 1.54) is 5.56 Å². The number of hydrogen-bond donors (Lipinski definition) is 1. The first kappa shape index (κ1) is 12.6. The number of aryl methyl sites for hydroxylation is 1. The lowest BCUT2D eigenvalue weighted by atomic mass is 10.1. The highest BCUT2D eigenvalue weighted by atomic mass is 16.2. The van der Waals surface area contributed by atoms with Gasteiger partial charge in [-0.3, -0.25) is 0 Å². The molecular weight excluding hydrogens is 200 g/mol. The van der Waals surface area contributed by atoms with Crippen LogP contribution in [-0.2, 0) is 6.42 Å². The van der Waals surface area contributed by atoms with E-state index in [1.54, 1.807) is 11.9 Å². The molecule has 1 aromatic carbocycles. The molecule has 16 heavy (non-hydrogen) atoms. The smallest absolute Gasteiger partial charge is 0.317 e. The summed E-state index contributed by atoms with van der Waals surface area (Å²) in [7, 11) is 1.80. The van der Waals surface area contributed by atoms with Crippen LogP contribution in [0.1, 0.15) is 18.9 Å². The van der Waals surface area contributed by atoms with Crippen molar-refractivity contribution in [1.82, 2.24) is 10.2 Å². The number of amides is 2. The summed E-state index contributed by atoms with van der Waals surface area (Å²) in [6.07, 6.45) is 1.99. The normalized spacial score (nSPS) is 9.88. The summed E-state index contributed by atoms with van der Waals surface area (Å²) in [5.41, 5.74) is 1.32. The van der Waals surface area contributed by atoms with E-state index in [9.17, 15) is 4.79 Å². The van der Waals surface area contributed by atoms with Crippen molar-refractivity contribution in [2.24, 2.45) is 0 Å². The molecule has 1 rings (SSSR count). The number of urea groups is 1. The molecular formula is C13H20N2O. The van der Waals surface area contributed by atoms with Gasteiger partial charge in [0, 0.05) is 20.1 Å². The molecule has 0 aromatic heterocycles. The van der Waals surface area contributed by atoms with E-state index in [4.69, 9.17) is 0 Å². The van der Waals surface area contributed by atoms with Gasteiger partial charge >= 0.3 is 6.03 Å². The maximum atomic E-state index is 11.4. The fourth-order valence-electron chi connectivity index (χ4n) is 1.41. The van der Waals surface area contributed by atoms with Crippen molar-refractivity contribution >= 4 is 6.03 Å². The minimum atomic E-state index is 0.00978. The Labute approximate surface area is 97.5 Å². The average molecular weight is 220 g/mol. The maximum absolute atomic E-state index is 11.4. The fraction of sp³-hybridized carbons (Fsp3) is 0.462. The minimum Gasteiger partial charge on any atom is -0.338 e. The van der Waals surface area contributed by atoms with Crippen LogP contribution in [0.2, 0.25) is 0 Å². The molecule has 0 unspecified atom stereocenters. The monoisotopic (exact) mass is 220 g/mol. The summed E-state index contributed by atoms with van der Waals surface area (Å²) >= 11 is 0. The third kappa shape index (κ3) is 4.34. The minimum absolute atomic E-state index is 0.00978. The molecule has 1 aromatic rings. The van der Waals surface area contributed by atoms with E-state index in [0.717, 1.165) is 25.9 Å². The van der Waals surface area contributed by atoms with Gasteiger partial charge in [0.15, 0.2) is 0 Å². The third-order valence-corrected chi connectivity index (χ3v) is 2.58. The van der Waals surface area contributed by atoms with Crippen molar-refractivity contribution in [3.8, 4) is 0 Å². The Bertz CT molecular complexity index is 311. The molecule has 0 aliphatic carbocycles. The van der Waals surface area contributed by atoms with E-state index in [1.807, 2.05) is 25.1 Å². The summed E-state index contributed by atoms with van der Waals surface area (Å²) in [4.78, 5) is 13.1. The van der Waals surface area contributed by atoms with Gasteiger partial charge < -0.3 is 10.2 Å². The number of nitrogens with zero attached hydrogens (tertiary/aromatic N) is 1. The molecule has 0 aliphatic heterocycles. The third-order valence-electron chi connectivity index (χ3n) is 2.58. The van der Waals surface area contributed by atoms with Crippen LogP contribution in [0.5, 0.6) is 0 Å². The van der Waals surface area contributed by atoms with Crippen LogP contribution < -0.4 is 5.32 Å². The largest absolute Gasteiger partial charge is 0.338 e. The molecule has 0 aliphatic rings. The van der Waals surface area contributed by atoms with Crippen molar-refractivity contribution in [2.45, 2.75) is 19.8 Å². The van der Waals surface area contributed by atoms with E-state index in [0.29, 0.717) is 0 Å². The molecule has 88 valence electrons. The summed E-state index contributed by atoms with van der Waals surface area (Å²) in [5.74, 6) is 0. The molecule has 0 saturated heterocycles. The zero-order valence-corrected chi connectivity index (χ0v) is 10.1. The van der Waals surface area contributed by atoms with Crippen molar-refractivity contribution in [3.63, 3.8) is 0 Å². The van der Waals surface area contributed by atoms with Crippen molar-refractivity contribution < 1.29 is 4.79 Å². The molecule has 3 nitrogen and oxygen atoms in total.